The van der Waals surface area contributed by atoms with E-state index in [1.807, 2.05) is 13.0 Å². The Hall–Kier alpha value is -2.54. The summed E-state index contributed by atoms with van der Waals surface area (Å²) in [5.41, 5.74) is 2.18. The van der Waals surface area contributed by atoms with Crippen LogP contribution in [0.3, 0.4) is 0 Å². The number of phenolic OH excluding ortho intramolecular Hbond substituents is 1. The molecule has 18 heavy (non-hydrogen) atoms. The Bertz CT molecular complexity index is 664. The summed E-state index contributed by atoms with van der Waals surface area (Å²) in [6.07, 6.45) is 0.664. The zero-order valence-electron chi connectivity index (χ0n) is 9.90. The molecular formula is C14H12N2O2. The number of rotatable bonds is 2. The van der Waals surface area contributed by atoms with Crippen molar-refractivity contribution in [2.24, 2.45) is 0 Å². The van der Waals surface area contributed by atoms with Gasteiger partial charge >= 0.3 is 0 Å². The van der Waals surface area contributed by atoms with Gasteiger partial charge in [-0.15, -0.1) is 0 Å². The first-order chi connectivity index (χ1) is 8.65. The minimum Gasteiger partial charge on any atom is -0.508 e. The van der Waals surface area contributed by atoms with Crippen molar-refractivity contribution in [2.75, 3.05) is 0 Å². The standard InChI is InChI=1S/C14H12N2O2/c1-2-13-12(7-10(8-15)14(18)16-13)9-3-5-11(17)6-4-9/h3-7,17H,2H2,1H3,(H,16,18). The molecule has 0 fully saturated rings. The highest BCUT2D eigenvalue weighted by Crippen LogP contribution is 2.24. The lowest BCUT2D eigenvalue weighted by molar-refractivity contribution is 0.475. The Balaban J connectivity index is 2.66. The third kappa shape index (κ3) is 2.11. The highest BCUT2D eigenvalue weighted by atomic mass is 16.3. The molecule has 0 aliphatic rings. The van der Waals surface area contributed by atoms with E-state index in [0.29, 0.717) is 6.42 Å². The van der Waals surface area contributed by atoms with Gasteiger partial charge in [-0.05, 0) is 30.2 Å². The van der Waals surface area contributed by atoms with Crippen LogP contribution in [0.5, 0.6) is 5.75 Å². The van der Waals surface area contributed by atoms with Gasteiger partial charge in [-0.3, -0.25) is 4.79 Å². The number of nitrogens with one attached hydrogen (secondary N) is 1. The molecule has 2 aromatic rings. The van der Waals surface area contributed by atoms with Crippen molar-refractivity contribution in [1.29, 1.82) is 5.26 Å². The number of aryl methyl sites for hydroxylation is 1. The normalized spacial score (nSPS) is 10.0. The van der Waals surface area contributed by atoms with Crippen LogP contribution in [0.1, 0.15) is 18.2 Å². The maximum Gasteiger partial charge on any atom is 0.266 e. The monoisotopic (exact) mass is 240 g/mol. The van der Waals surface area contributed by atoms with Gasteiger partial charge < -0.3 is 10.1 Å². The topological polar surface area (TPSA) is 76.9 Å². The zero-order valence-corrected chi connectivity index (χ0v) is 9.90. The van der Waals surface area contributed by atoms with Crippen molar-refractivity contribution in [2.45, 2.75) is 13.3 Å². The molecule has 0 atom stereocenters. The van der Waals surface area contributed by atoms with Gasteiger partial charge in [0, 0.05) is 11.3 Å². The molecular weight excluding hydrogens is 228 g/mol. The van der Waals surface area contributed by atoms with Crippen molar-refractivity contribution >= 4 is 0 Å². The molecule has 90 valence electrons. The van der Waals surface area contributed by atoms with Crippen LogP contribution in [0.2, 0.25) is 0 Å². The van der Waals surface area contributed by atoms with Gasteiger partial charge in [-0.2, -0.15) is 5.26 Å². The Kier molecular flexibility index (Phi) is 3.16. The molecule has 4 nitrogen and oxygen atoms in total. The second-order valence-electron chi connectivity index (χ2n) is 3.92. The van der Waals surface area contributed by atoms with E-state index in [0.717, 1.165) is 16.8 Å². The van der Waals surface area contributed by atoms with Crippen molar-refractivity contribution in [3.05, 3.63) is 51.9 Å². The number of H-pyrrole nitrogens is 1. The fourth-order valence-electron chi connectivity index (χ4n) is 1.83. The van der Waals surface area contributed by atoms with Crippen LogP contribution in [0.25, 0.3) is 11.1 Å². The number of aromatic nitrogens is 1. The molecule has 0 unspecified atom stereocenters. The van der Waals surface area contributed by atoms with E-state index in [2.05, 4.69) is 4.98 Å². The van der Waals surface area contributed by atoms with Crippen LogP contribution in [0.15, 0.2) is 35.1 Å². The van der Waals surface area contributed by atoms with Crippen LogP contribution >= 0.6 is 0 Å². The number of nitrogens with zero attached hydrogens (tertiary/aromatic N) is 1. The molecule has 0 saturated heterocycles. The molecule has 0 amide bonds. The average Bonchev–Trinajstić information content (AvgIpc) is 2.39. The van der Waals surface area contributed by atoms with Crippen molar-refractivity contribution in [3.8, 4) is 22.9 Å². The molecule has 0 bridgehead atoms. The summed E-state index contributed by atoms with van der Waals surface area (Å²) in [4.78, 5) is 14.3. The van der Waals surface area contributed by atoms with Crippen LogP contribution in [0.4, 0.5) is 0 Å². The summed E-state index contributed by atoms with van der Waals surface area (Å²) in [5, 5.41) is 18.2. The van der Waals surface area contributed by atoms with E-state index in [9.17, 15) is 9.90 Å². The first kappa shape index (κ1) is 11.9. The Morgan fingerprint density at radius 2 is 2.00 bits per heavy atom. The van der Waals surface area contributed by atoms with Gasteiger partial charge in [0.2, 0.25) is 0 Å². The van der Waals surface area contributed by atoms with Gasteiger partial charge in [-0.1, -0.05) is 19.1 Å². The lowest BCUT2D eigenvalue weighted by Gasteiger charge is -2.08. The zero-order chi connectivity index (χ0) is 13.1. The second kappa shape index (κ2) is 4.76. The molecule has 0 aliphatic heterocycles. The predicted octanol–water partition coefficient (Wildman–Crippen LogP) is 2.18. The van der Waals surface area contributed by atoms with E-state index < -0.39 is 0 Å². The maximum absolute atomic E-state index is 11.5. The lowest BCUT2D eigenvalue weighted by atomic mass is 10.0. The first-order valence-electron chi connectivity index (χ1n) is 5.61. The smallest absolute Gasteiger partial charge is 0.266 e. The fraction of sp³-hybridized carbons (Fsp3) is 0.143. The molecule has 0 radical (unpaired) electrons. The molecule has 0 aliphatic carbocycles. The molecule has 0 saturated carbocycles. The maximum atomic E-state index is 11.5. The molecule has 2 rings (SSSR count). The SMILES string of the molecule is CCc1[nH]c(=O)c(C#N)cc1-c1ccc(O)cc1. The van der Waals surface area contributed by atoms with Crippen molar-refractivity contribution in [1.82, 2.24) is 4.98 Å². The summed E-state index contributed by atoms with van der Waals surface area (Å²) >= 11 is 0. The van der Waals surface area contributed by atoms with E-state index in [1.54, 1.807) is 30.3 Å². The second-order valence-corrected chi connectivity index (χ2v) is 3.92. The van der Waals surface area contributed by atoms with Crippen LogP contribution in [-0.4, -0.2) is 10.1 Å². The van der Waals surface area contributed by atoms with Crippen molar-refractivity contribution in [3.63, 3.8) is 0 Å². The van der Waals surface area contributed by atoms with E-state index >= 15 is 0 Å². The Labute approximate surface area is 104 Å². The van der Waals surface area contributed by atoms with Crippen LogP contribution < -0.4 is 5.56 Å². The number of hydrogen-bond donors (Lipinski definition) is 2. The molecule has 0 spiro atoms. The summed E-state index contributed by atoms with van der Waals surface area (Å²) in [5.74, 6) is 0.182. The van der Waals surface area contributed by atoms with Gasteiger partial charge in [0.05, 0.1) is 0 Å². The van der Waals surface area contributed by atoms with Gasteiger partial charge in [-0.25, -0.2) is 0 Å². The molecule has 1 heterocycles. The number of hydrogen-bond acceptors (Lipinski definition) is 3. The van der Waals surface area contributed by atoms with Gasteiger partial charge in [0.25, 0.3) is 5.56 Å². The molecule has 1 aromatic carbocycles. The number of benzene rings is 1. The molecule has 2 N–H and O–H groups in total. The predicted molar refractivity (Wildman–Crippen MR) is 68.3 cm³/mol. The molecule has 1 aromatic heterocycles. The Morgan fingerprint density at radius 3 is 2.56 bits per heavy atom. The van der Waals surface area contributed by atoms with Crippen LogP contribution in [-0.2, 0) is 6.42 Å². The van der Waals surface area contributed by atoms with Gasteiger partial charge in [0.15, 0.2) is 0 Å². The minimum atomic E-state index is -0.364. The fourth-order valence-corrected chi connectivity index (χ4v) is 1.83. The lowest BCUT2D eigenvalue weighted by Crippen LogP contribution is -2.13. The third-order valence-electron chi connectivity index (χ3n) is 2.78. The van der Waals surface area contributed by atoms with Crippen molar-refractivity contribution < 1.29 is 5.11 Å². The van der Waals surface area contributed by atoms with E-state index in [1.165, 1.54) is 0 Å². The minimum absolute atomic E-state index is 0.0928. The van der Waals surface area contributed by atoms with Crippen LogP contribution in [0, 0.1) is 11.3 Å². The highest BCUT2D eigenvalue weighted by Gasteiger charge is 2.09. The van der Waals surface area contributed by atoms with E-state index in [-0.39, 0.29) is 16.9 Å². The highest BCUT2D eigenvalue weighted by molar-refractivity contribution is 5.68. The summed E-state index contributed by atoms with van der Waals surface area (Å²) in [6.45, 7) is 1.93. The quantitative estimate of drug-likeness (QED) is 0.844. The summed E-state index contributed by atoms with van der Waals surface area (Å²) in [7, 11) is 0. The average molecular weight is 240 g/mol. The number of nitriles is 1. The third-order valence-corrected chi connectivity index (χ3v) is 2.78. The van der Waals surface area contributed by atoms with Gasteiger partial charge in [0.1, 0.15) is 17.4 Å². The first-order valence-corrected chi connectivity index (χ1v) is 5.61. The number of pyridine rings is 1. The number of phenols is 1. The molecule has 4 heteroatoms. The number of aromatic amines is 1. The van der Waals surface area contributed by atoms with E-state index in [4.69, 9.17) is 5.26 Å². The Morgan fingerprint density at radius 1 is 1.33 bits per heavy atom. The summed E-state index contributed by atoms with van der Waals surface area (Å²) < 4.78 is 0. The number of aromatic hydroxyl groups is 1. The summed E-state index contributed by atoms with van der Waals surface area (Å²) in [6, 6.07) is 10.1. The largest absolute Gasteiger partial charge is 0.508 e.